The van der Waals surface area contributed by atoms with E-state index in [0.29, 0.717) is 18.0 Å². The van der Waals surface area contributed by atoms with Crippen LogP contribution in [0.4, 0.5) is 5.69 Å². The Labute approximate surface area is 157 Å². The summed E-state index contributed by atoms with van der Waals surface area (Å²) in [5.74, 6) is 0.593. The molecule has 2 amide bonds. The number of amides is 2. The lowest BCUT2D eigenvalue weighted by Crippen LogP contribution is -2.51. The number of thiophene rings is 1. The van der Waals surface area contributed by atoms with Crippen LogP contribution in [0, 0.1) is 6.92 Å². The summed E-state index contributed by atoms with van der Waals surface area (Å²) in [6, 6.07) is 11.6. The van der Waals surface area contributed by atoms with Gasteiger partial charge in [-0.25, -0.2) is 0 Å². The van der Waals surface area contributed by atoms with E-state index in [1.807, 2.05) is 37.3 Å². The van der Waals surface area contributed by atoms with Crippen LogP contribution >= 0.6 is 11.3 Å². The quantitative estimate of drug-likeness (QED) is 0.872. The topological polar surface area (TPSA) is 61.9 Å². The Bertz CT molecular complexity index is 782. The summed E-state index contributed by atoms with van der Waals surface area (Å²) in [5, 5.41) is 2.72. The molecule has 0 spiro atoms. The van der Waals surface area contributed by atoms with E-state index in [1.54, 1.807) is 18.1 Å². The third-order valence-corrected chi connectivity index (χ3v) is 5.41. The van der Waals surface area contributed by atoms with Crippen LogP contribution in [-0.2, 0) is 4.79 Å². The molecule has 1 aromatic heterocycles. The van der Waals surface area contributed by atoms with Crippen LogP contribution in [0.1, 0.15) is 14.5 Å². The molecule has 1 N–H and O–H groups in total. The van der Waals surface area contributed by atoms with Gasteiger partial charge in [-0.15, -0.1) is 11.3 Å². The van der Waals surface area contributed by atoms with Crippen molar-refractivity contribution in [3.05, 3.63) is 46.2 Å². The van der Waals surface area contributed by atoms with Gasteiger partial charge in [0.25, 0.3) is 5.91 Å². The maximum atomic E-state index is 12.4. The Morgan fingerprint density at radius 3 is 2.58 bits per heavy atom. The molecule has 1 fully saturated rings. The van der Waals surface area contributed by atoms with Gasteiger partial charge in [0.05, 0.1) is 18.5 Å². The lowest BCUT2D eigenvalue weighted by molar-refractivity contribution is -0.130. The van der Waals surface area contributed by atoms with Crippen molar-refractivity contribution in [1.82, 2.24) is 10.2 Å². The van der Waals surface area contributed by atoms with Crippen molar-refractivity contribution in [2.45, 2.75) is 6.92 Å². The van der Waals surface area contributed by atoms with Crippen molar-refractivity contribution in [3.63, 3.8) is 0 Å². The van der Waals surface area contributed by atoms with Crippen molar-refractivity contribution >= 4 is 28.8 Å². The number of anilines is 1. The number of aryl methyl sites for hydroxylation is 1. The van der Waals surface area contributed by atoms with Gasteiger partial charge in [0, 0.05) is 42.8 Å². The van der Waals surface area contributed by atoms with Gasteiger partial charge in [0.1, 0.15) is 5.75 Å². The standard InChI is InChI=1S/C19H23N3O3S/c1-14-6-7-17(26-14)19(24)20-13-18(23)22-10-8-21(9-11-22)15-4-3-5-16(12-15)25-2/h3-7,12H,8-11,13H2,1-2H3,(H,20,24). The maximum Gasteiger partial charge on any atom is 0.261 e. The lowest BCUT2D eigenvalue weighted by atomic mass is 10.2. The van der Waals surface area contributed by atoms with E-state index >= 15 is 0 Å². The average molecular weight is 373 g/mol. The normalized spacial score (nSPS) is 14.2. The molecule has 1 aliphatic rings. The fourth-order valence-corrected chi connectivity index (χ4v) is 3.72. The summed E-state index contributed by atoms with van der Waals surface area (Å²) in [6.07, 6.45) is 0. The number of ether oxygens (including phenoxy) is 1. The molecular formula is C19H23N3O3S. The molecule has 0 bridgehead atoms. The van der Waals surface area contributed by atoms with Gasteiger partial charge in [0.15, 0.2) is 0 Å². The van der Waals surface area contributed by atoms with Crippen molar-refractivity contribution in [1.29, 1.82) is 0 Å². The number of rotatable bonds is 5. The van der Waals surface area contributed by atoms with Crippen molar-refractivity contribution in [3.8, 4) is 5.75 Å². The minimum atomic E-state index is -0.188. The third-order valence-electron chi connectivity index (χ3n) is 4.42. The molecule has 1 aliphatic heterocycles. The lowest BCUT2D eigenvalue weighted by Gasteiger charge is -2.36. The molecule has 26 heavy (non-hydrogen) atoms. The van der Waals surface area contributed by atoms with Gasteiger partial charge in [-0.1, -0.05) is 6.07 Å². The Kier molecular flexibility index (Phi) is 5.78. The highest BCUT2D eigenvalue weighted by Gasteiger charge is 2.22. The van der Waals surface area contributed by atoms with E-state index in [1.165, 1.54) is 11.3 Å². The second kappa shape index (κ2) is 8.23. The smallest absolute Gasteiger partial charge is 0.261 e. The summed E-state index contributed by atoms with van der Waals surface area (Å²) in [5.41, 5.74) is 1.10. The second-order valence-corrected chi connectivity index (χ2v) is 7.45. The summed E-state index contributed by atoms with van der Waals surface area (Å²) < 4.78 is 5.27. The van der Waals surface area contributed by atoms with Crippen LogP contribution in [-0.4, -0.2) is 56.5 Å². The fourth-order valence-electron chi connectivity index (χ4n) is 2.93. The molecule has 2 aromatic rings. The van der Waals surface area contributed by atoms with Gasteiger partial charge in [-0.05, 0) is 31.2 Å². The zero-order valence-corrected chi connectivity index (χ0v) is 15.8. The van der Waals surface area contributed by atoms with E-state index in [9.17, 15) is 9.59 Å². The molecule has 138 valence electrons. The van der Waals surface area contributed by atoms with Crippen LogP contribution in [0.25, 0.3) is 0 Å². The zero-order valence-electron chi connectivity index (χ0n) is 15.0. The Hall–Kier alpha value is -2.54. The number of nitrogens with zero attached hydrogens (tertiary/aromatic N) is 2. The molecule has 1 saturated heterocycles. The third kappa shape index (κ3) is 4.35. The number of piperazine rings is 1. The summed E-state index contributed by atoms with van der Waals surface area (Å²) in [6.45, 7) is 4.80. The number of hydrogen-bond acceptors (Lipinski definition) is 5. The van der Waals surface area contributed by atoms with Gasteiger partial charge < -0.3 is 19.9 Å². The average Bonchev–Trinajstić information content (AvgIpc) is 3.12. The second-order valence-electron chi connectivity index (χ2n) is 6.16. The molecule has 0 saturated carbocycles. The highest BCUT2D eigenvalue weighted by Crippen LogP contribution is 2.22. The van der Waals surface area contributed by atoms with E-state index in [2.05, 4.69) is 10.2 Å². The molecule has 0 unspecified atom stereocenters. The number of carbonyl (C=O) groups is 2. The summed E-state index contributed by atoms with van der Waals surface area (Å²) in [7, 11) is 1.65. The SMILES string of the molecule is COc1cccc(N2CCN(C(=O)CNC(=O)c3ccc(C)s3)CC2)c1. The predicted molar refractivity (Wildman–Crippen MR) is 103 cm³/mol. The van der Waals surface area contributed by atoms with Crippen LogP contribution in [0.2, 0.25) is 0 Å². The van der Waals surface area contributed by atoms with Crippen molar-refractivity contribution in [2.75, 3.05) is 44.7 Å². The zero-order chi connectivity index (χ0) is 18.5. The van der Waals surface area contributed by atoms with Crippen LogP contribution < -0.4 is 15.0 Å². The van der Waals surface area contributed by atoms with Crippen molar-refractivity contribution < 1.29 is 14.3 Å². The molecule has 0 radical (unpaired) electrons. The van der Waals surface area contributed by atoms with Gasteiger partial charge in [0.2, 0.25) is 5.91 Å². The first-order chi connectivity index (χ1) is 12.6. The van der Waals surface area contributed by atoms with Gasteiger partial charge >= 0.3 is 0 Å². The number of benzene rings is 1. The first-order valence-electron chi connectivity index (χ1n) is 8.58. The minimum Gasteiger partial charge on any atom is -0.497 e. The first-order valence-corrected chi connectivity index (χ1v) is 9.40. The number of methoxy groups -OCH3 is 1. The van der Waals surface area contributed by atoms with E-state index in [4.69, 9.17) is 4.74 Å². The molecule has 3 rings (SSSR count). The Morgan fingerprint density at radius 1 is 1.15 bits per heavy atom. The van der Waals surface area contributed by atoms with Crippen molar-refractivity contribution in [2.24, 2.45) is 0 Å². The van der Waals surface area contributed by atoms with E-state index in [-0.39, 0.29) is 18.4 Å². The predicted octanol–water partition coefficient (Wildman–Crippen LogP) is 2.14. The van der Waals surface area contributed by atoms with E-state index < -0.39 is 0 Å². The number of carbonyl (C=O) groups excluding carboxylic acids is 2. The minimum absolute atomic E-state index is 0.0366. The number of hydrogen-bond donors (Lipinski definition) is 1. The fraction of sp³-hybridized carbons (Fsp3) is 0.368. The molecule has 6 nitrogen and oxygen atoms in total. The highest BCUT2D eigenvalue weighted by atomic mass is 32.1. The monoisotopic (exact) mass is 373 g/mol. The summed E-state index contributed by atoms with van der Waals surface area (Å²) >= 11 is 1.43. The van der Waals surface area contributed by atoms with Gasteiger partial charge in [-0.3, -0.25) is 9.59 Å². The van der Waals surface area contributed by atoms with Gasteiger partial charge in [-0.2, -0.15) is 0 Å². The summed E-state index contributed by atoms with van der Waals surface area (Å²) in [4.78, 5) is 30.2. The molecule has 7 heteroatoms. The largest absolute Gasteiger partial charge is 0.497 e. The highest BCUT2D eigenvalue weighted by molar-refractivity contribution is 7.13. The molecule has 0 aliphatic carbocycles. The number of nitrogens with one attached hydrogen (secondary N) is 1. The molecular weight excluding hydrogens is 350 g/mol. The maximum absolute atomic E-state index is 12.4. The Morgan fingerprint density at radius 2 is 1.92 bits per heavy atom. The van der Waals surface area contributed by atoms with Crippen LogP contribution in [0.15, 0.2) is 36.4 Å². The first kappa shape index (κ1) is 18.3. The van der Waals surface area contributed by atoms with Crippen LogP contribution in [0.3, 0.4) is 0 Å². The van der Waals surface area contributed by atoms with Crippen LogP contribution in [0.5, 0.6) is 5.75 Å². The molecule has 2 heterocycles. The molecule has 0 atom stereocenters. The Balaban J connectivity index is 1.48. The van der Waals surface area contributed by atoms with E-state index in [0.717, 1.165) is 29.4 Å². The molecule has 1 aromatic carbocycles.